The van der Waals surface area contributed by atoms with Crippen molar-refractivity contribution in [2.75, 3.05) is 19.8 Å². The lowest BCUT2D eigenvalue weighted by Crippen LogP contribution is -2.47. The first-order valence-corrected chi connectivity index (χ1v) is 11.4. The van der Waals surface area contributed by atoms with E-state index in [1.165, 1.54) is 0 Å². The lowest BCUT2D eigenvalue weighted by Gasteiger charge is -2.39. The molecule has 7 nitrogen and oxygen atoms in total. The highest BCUT2D eigenvalue weighted by atomic mass is 19.4. The topological polar surface area (TPSA) is 77.7 Å². The van der Waals surface area contributed by atoms with Crippen LogP contribution in [-0.4, -0.2) is 40.8 Å². The van der Waals surface area contributed by atoms with Crippen molar-refractivity contribution in [1.82, 2.24) is 15.0 Å². The number of hydrogen-bond acceptors (Lipinski definition) is 6. The number of rotatable bonds is 3. The second kappa shape index (κ2) is 8.99. The van der Waals surface area contributed by atoms with Gasteiger partial charge in [0.05, 0.1) is 18.0 Å². The minimum absolute atomic E-state index is 0.0307. The summed E-state index contributed by atoms with van der Waals surface area (Å²) in [7, 11) is 0. The first-order valence-electron chi connectivity index (χ1n) is 11.4. The number of hydrogen-bond donors (Lipinski definition) is 0. The number of carbonyl (C=O) groups excluding carboxylic acids is 1. The molecule has 0 saturated carbocycles. The van der Waals surface area contributed by atoms with Crippen LogP contribution in [0.25, 0.3) is 11.4 Å². The maximum Gasteiger partial charge on any atom is 0.471 e. The molecule has 10 heteroatoms. The maximum atomic E-state index is 13.9. The number of carbonyl (C=O) groups is 1. The fourth-order valence-corrected chi connectivity index (χ4v) is 4.51. The fourth-order valence-electron chi connectivity index (χ4n) is 4.51. The summed E-state index contributed by atoms with van der Waals surface area (Å²) in [4.78, 5) is 19.2. The van der Waals surface area contributed by atoms with Crippen LogP contribution < -0.4 is 4.74 Å². The smallest absolute Gasteiger partial charge is 0.471 e. The molecule has 3 heterocycles. The molecule has 1 atom stereocenters. The third kappa shape index (κ3) is 4.62. The Morgan fingerprint density at radius 2 is 1.86 bits per heavy atom. The van der Waals surface area contributed by atoms with E-state index in [4.69, 9.17) is 9.47 Å². The number of aromatic nitrogens is 2. The van der Waals surface area contributed by atoms with E-state index in [-0.39, 0.29) is 24.4 Å². The van der Waals surface area contributed by atoms with E-state index in [1.807, 2.05) is 42.2 Å². The van der Waals surface area contributed by atoms with E-state index < -0.39 is 17.5 Å². The second-order valence-corrected chi connectivity index (χ2v) is 9.09. The summed E-state index contributed by atoms with van der Waals surface area (Å²) in [5, 5.41) is 3.46. The highest BCUT2D eigenvalue weighted by molar-refractivity contribution is 5.83. The van der Waals surface area contributed by atoms with Crippen LogP contribution in [0.5, 0.6) is 5.75 Å². The van der Waals surface area contributed by atoms with Crippen LogP contribution in [-0.2, 0) is 22.3 Å². The van der Waals surface area contributed by atoms with E-state index in [1.54, 1.807) is 18.2 Å². The van der Waals surface area contributed by atoms with Crippen molar-refractivity contribution in [3.05, 3.63) is 65.5 Å². The Labute approximate surface area is 199 Å². The van der Waals surface area contributed by atoms with Gasteiger partial charge in [0.2, 0.25) is 11.7 Å². The van der Waals surface area contributed by atoms with Gasteiger partial charge < -0.3 is 18.9 Å². The molecule has 2 aliphatic heterocycles. The van der Waals surface area contributed by atoms with Crippen LogP contribution in [0.4, 0.5) is 13.2 Å². The van der Waals surface area contributed by atoms with Crippen molar-refractivity contribution in [3.63, 3.8) is 0 Å². The first-order chi connectivity index (χ1) is 16.7. The Morgan fingerprint density at radius 1 is 1.11 bits per heavy atom. The maximum absolute atomic E-state index is 13.9. The Morgan fingerprint density at radius 3 is 2.54 bits per heavy atom. The molecule has 3 aromatic rings. The number of alkyl halides is 3. The van der Waals surface area contributed by atoms with Crippen LogP contribution in [0.1, 0.15) is 42.8 Å². The molecule has 2 aliphatic rings. The molecule has 0 N–H and O–H groups in total. The molecular formula is C25H24F3N3O4. The van der Waals surface area contributed by atoms with Crippen molar-refractivity contribution < 1.29 is 32.0 Å². The van der Waals surface area contributed by atoms with Gasteiger partial charge in [-0.25, -0.2) is 0 Å². The van der Waals surface area contributed by atoms with Crippen molar-refractivity contribution in [2.45, 2.75) is 38.5 Å². The van der Waals surface area contributed by atoms with Crippen LogP contribution >= 0.6 is 0 Å². The van der Waals surface area contributed by atoms with Crippen LogP contribution in [0.15, 0.2) is 53.1 Å². The minimum atomic E-state index is -4.72. The minimum Gasteiger partial charge on any atom is -0.491 e. The lowest BCUT2D eigenvalue weighted by atomic mass is 9.80. The molecule has 1 aromatic heterocycles. The van der Waals surface area contributed by atoms with E-state index in [0.29, 0.717) is 43.9 Å². The standard InChI is InChI=1S/C25H24F3N3O4/c1-24(9-11-33-12-10-24)23(32)31-14-18-8-7-17(21-29-22(35-30-21)25(26,27)28)13-20(18)34-15-19(31)16-5-3-2-4-6-16/h2-8,13,19H,9-12,14-15H2,1H3/t19-/m1/s1. The van der Waals surface area contributed by atoms with Crippen molar-refractivity contribution in [3.8, 4) is 17.1 Å². The highest BCUT2D eigenvalue weighted by Crippen LogP contribution is 2.40. The Hall–Kier alpha value is -3.40. The SMILES string of the molecule is CC1(C(=O)N2Cc3ccc(-c4noc(C(F)(F)F)n4)cc3OC[C@@H]2c2ccccc2)CCOCC1. The normalized spacial score (nSPS) is 20.0. The Bertz CT molecular complexity index is 1210. The average Bonchev–Trinajstić information content (AvgIpc) is 3.28. The zero-order chi connectivity index (χ0) is 24.6. The molecule has 0 radical (unpaired) electrons. The zero-order valence-electron chi connectivity index (χ0n) is 19.0. The number of nitrogens with zero attached hydrogens (tertiary/aromatic N) is 3. The van der Waals surface area contributed by atoms with Crippen molar-refractivity contribution in [1.29, 1.82) is 0 Å². The molecule has 184 valence electrons. The zero-order valence-corrected chi connectivity index (χ0v) is 19.0. The molecule has 2 aromatic carbocycles. The molecule has 1 fully saturated rings. The van der Waals surface area contributed by atoms with Crippen LogP contribution in [0.2, 0.25) is 0 Å². The average molecular weight is 487 g/mol. The van der Waals surface area contributed by atoms with Crippen molar-refractivity contribution in [2.24, 2.45) is 5.41 Å². The van der Waals surface area contributed by atoms with Gasteiger partial charge in [0.15, 0.2) is 0 Å². The van der Waals surface area contributed by atoms with E-state index in [0.717, 1.165) is 11.1 Å². The molecule has 0 bridgehead atoms. The number of halogens is 3. The van der Waals surface area contributed by atoms with Crippen molar-refractivity contribution >= 4 is 5.91 Å². The fraction of sp³-hybridized carbons (Fsp3) is 0.400. The van der Waals surface area contributed by atoms with Crippen LogP contribution in [0.3, 0.4) is 0 Å². The number of fused-ring (bicyclic) bond motifs is 1. The lowest BCUT2D eigenvalue weighted by molar-refractivity contribution is -0.159. The Balaban J connectivity index is 1.49. The van der Waals surface area contributed by atoms with Gasteiger partial charge in [-0.1, -0.05) is 54.5 Å². The van der Waals surface area contributed by atoms with Gasteiger partial charge in [-0.2, -0.15) is 18.2 Å². The Kier molecular flexibility index (Phi) is 6.00. The molecule has 0 aliphatic carbocycles. The summed E-state index contributed by atoms with van der Waals surface area (Å²) in [5.41, 5.74) is 1.47. The quantitative estimate of drug-likeness (QED) is 0.516. The van der Waals surface area contributed by atoms with Gasteiger partial charge in [0.1, 0.15) is 12.4 Å². The molecule has 35 heavy (non-hydrogen) atoms. The first kappa shape index (κ1) is 23.3. The molecule has 0 unspecified atom stereocenters. The number of amides is 1. The van der Waals surface area contributed by atoms with Gasteiger partial charge in [0, 0.05) is 24.3 Å². The number of ether oxygens (including phenoxy) is 2. The summed E-state index contributed by atoms with van der Waals surface area (Å²) in [5.74, 6) is -1.10. The summed E-state index contributed by atoms with van der Waals surface area (Å²) in [6.07, 6.45) is -3.46. The summed E-state index contributed by atoms with van der Waals surface area (Å²) in [6, 6.07) is 14.3. The van der Waals surface area contributed by atoms with E-state index in [9.17, 15) is 18.0 Å². The van der Waals surface area contributed by atoms with Gasteiger partial charge in [0.25, 0.3) is 0 Å². The largest absolute Gasteiger partial charge is 0.491 e. The summed E-state index contributed by atoms with van der Waals surface area (Å²) >= 11 is 0. The highest BCUT2D eigenvalue weighted by Gasteiger charge is 2.42. The molecule has 1 amide bonds. The third-order valence-electron chi connectivity index (χ3n) is 6.67. The predicted molar refractivity (Wildman–Crippen MR) is 118 cm³/mol. The van der Waals surface area contributed by atoms with Gasteiger partial charge >= 0.3 is 12.1 Å². The van der Waals surface area contributed by atoms with E-state index >= 15 is 0 Å². The molecular weight excluding hydrogens is 463 g/mol. The predicted octanol–water partition coefficient (Wildman–Crippen LogP) is 5.03. The van der Waals surface area contributed by atoms with Gasteiger partial charge in [-0.3, -0.25) is 4.79 Å². The summed E-state index contributed by atoms with van der Waals surface area (Å²) in [6.45, 7) is 3.54. The third-order valence-corrected chi connectivity index (χ3v) is 6.67. The van der Waals surface area contributed by atoms with Gasteiger partial charge in [-0.05, 0) is 24.5 Å². The molecule has 0 spiro atoms. The molecule has 5 rings (SSSR count). The van der Waals surface area contributed by atoms with E-state index in [2.05, 4.69) is 14.7 Å². The second-order valence-electron chi connectivity index (χ2n) is 9.09. The van der Waals surface area contributed by atoms with Gasteiger partial charge in [-0.15, -0.1) is 0 Å². The monoisotopic (exact) mass is 487 g/mol. The van der Waals surface area contributed by atoms with Crippen LogP contribution in [0, 0.1) is 5.41 Å². The summed E-state index contributed by atoms with van der Waals surface area (Å²) < 4.78 is 54.6. The number of benzene rings is 2. The molecule has 1 saturated heterocycles.